The van der Waals surface area contributed by atoms with Crippen LogP contribution in [-0.2, 0) is 20.0 Å². The van der Waals surface area contributed by atoms with Gasteiger partial charge in [0.2, 0.25) is 0 Å². The topological polar surface area (TPSA) is 24.3 Å². The predicted molar refractivity (Wildman–Crippen MR) is 84.8 cm³/mol. The minimum Gasteiger partial charge on any atom is -0.298 e. The Balaban J connectivity index is 1.75. The van der Waals surface area contributed by atoms with Crippen LogP contribution in [0.15, 0.2) is 4.47 Å². The second-order valence-electron chi connectivity index (χ2n) is 6.25. The molecule has 0 aromatic carbocycles. The molecule has 3 heterocycles. The third-order valence-electron chi connectivity index (χ3n) is 4.92. The van der Waals surface area contributed by atoms with Crippen LogP contribution in [0.5, 0.6) is 0 Å². The molecule has 2 atom stereocenters. The molecule has 1 aromatic rings. The Bertz CT molecular complexity index is 484. The molecule has 0 N–H and O–H groups in total. The van der Waals surface area contributed by atoms with E-state index in [9.17, 15) is 0 Å². The van der Waals surface area contributed by atoms with Gasteiger partial charge in [-0.2, -0.15) is 5.10 Å². The molecule has 5 heteroatoms. The standard InChI is InChI=1S/C15H25BrN4/c1-4-13-15(16)14(18(3)17-13)10-20-9-12-6-5-7-19(12)8-11(20)2/h11-12H,4-10H2,1-3H3. The van der Waals surface area contributed by atoms with Gasteiger partial charge in [0.05, 0.1) is 15.9 Å². The number of hydrogen-bond acceptors (Lipinski definition) is 3. The number of piperazine rings is 1. The van der Waals surface area contributed by atoms with E-state index in [2.05, 4.69) is 56.4 Å². The lowest BCUT2D eigenvalue weighted by molar-refractivity contribution is 0.0522. The summed E-state index contributed by atoms with van der Waals surface area (Å²) in [5, 5.41) is 4.62. The van der Waals surface area contributed by atoms with Crippen molar-refractivity contribution in [2.75, 3.05) is 19.6 Å². The lowest BCUT2D eigenvalue weighted by Crippen LogP contribution is -2.54. The zero-order valence-corrected chi connectivity index (χ0v) is 14.4. The van der Waals surface area contributed by atoms with Crippen LogP contribution < -0.4 is 0 Å². The van der Waals surface area contributed by atoms with Gasteiger partial charge in [0, 0.05) is 38.8 Å². The fraction of sp³-hybridized carbons (Fsp3) is 0.800. The summed E-state index contributed by atoms with van der Waals surface area (Å²) < 4.78 is 3.26. The highest BCUT2D eigenvalue weighted by atomic mass is 79.9. The number of fused-ring (bicyclic) bond motifs is 1. The molecule has 2 aliphatic rings. The van der Waals surface area contributed by atoms with Crippen molar-refractivity contribution < 1.29 is 0 Å². The molecule has 0 spiro atoms. The molecule has 4 nitrogen and oxygen atoms in total. The van der Waals surface area contributed by atoms with Gasteiger partial charge in [-0.05, 0) is 48.7 Å². The van der Waals surface area contributed by atoms with Gasteiger partial charge in [0.15, 0.2) is 0 Å². The molecule has 2 fully saturated rings. The molecule has 3 rings (SSSR count). The summed E-state index contributed by atoms with van der Waals surface area (Å²) in [6, 6.07) is 1.42. The van der Waals surface area contributed by atoms with Crippen LogP contribution in [0.4, 0.5) is 0 Å². The molecule has 0 aliphatic carbocycles. The minimum absolute atomic E-state index is 0.635. The number of rotatable bonds is 3. The van der Waals surface area contributed by atoms with Gasteiger partial charge in [0.25, 0.3) is 0 Å². The number of halogens is 1. The van der Waals surface area contributed by atoms with Crippen LogP contribution in [0.25, 0.3) is 0 Å². The fourth-order valence-electron chi connectivity index (χ4n) is 3.65. The van der Waals surface area contributed by atoms with E-state index in [4.69, 9.17) is 0 Å². The Morgan fingerprint density at radius 1 is 1.35 bits per heavy atom. The normalized spacial score (nSPS) is 28.0. The molecule has 2 saturated heterocycles. The summed E-state index contributed by atoms with van der Waals surface area (Å²) in [6.07, 6.45) is 3.73. The van der Waals surface area contributed by atoms with Crippen molar-refractivity contribution in [2.45, 2.75) is 51.7 Å². The number of aryl methyl sites for hydroxylation is 2. The molecule has 2 aliphatic heterocycles. The van der Waals surface area contributed by atoms with E-state index in [0.29, 0.717) is 6.04 Å². The molecule has 112 valence electrons. The van der Waals surface area contributed by atoms with Gasteiger partial charge >= 0.3 is 0 Å². The third kappa shape index (κ3) is 2.55. The highest BCUT2D eigenvalue weighted by molar-refractivity contribution is 9.10. The van der Waals surface area contributed by atoms with E-state index < -0.39 is 0 Å². The monoisotopic (exact) mass is 340 g/mol. The molecule has 2 unspecified atom stereocenters. The van der Waals surface area contributed by atoms with Crippen LogP contribution in [0, 0.1) is 0 Å². The Morgan fingerprint density at radius 2 is 2.15 bits per heavy atom. The maximum Gasteiger partial charge on any atom is 0.0767 e. The SMILES string of the molecule is CCc1nn(C)c(CN2CC3CCCN3CC2C)c1Br. The Labute approximate surface area is 130 Å². The van der Waals surface area contributed by atoms with Gasteiger partial charge in [-0.3, -0.25) is 14.5 Å². The van der Waals surface area contributed by atoms with Crippen LogP contribution in [0.2, 0.25) is 0 Å². The summed E-state index contributed by atoms with van der Waals surface area (Å²) >= 11 is 3.74. The highest BCUT2D eigenvalue weighted by Crippen LogP contribution is 2.28. The fourth-order valence-corrected chi connectivity index (χ4v) is 4.39. The predicted octanol–water partition coefficient (Wildman–Crippen LogP) is 2.41. The lowest BCUT2D eigenvalue weighted by Gasteiger charge is -2.42. The zero-order valence-electron chi connectivity index (χ0n) is 12.8. The average molecular weight is 341 g/mol. The van der Waals surface area contributed by atoms with Crippen molar-refractivity contribution >= 4 is 15.9 Å². The molecule has 0 saturated carbocycles. The second kappa shape index (κ2) is 5.78. The van der Waals surface area contributed by atoms with E-state index in [1.165, 1.54) is 48.3 Å². The van der Waals surface area contributed by atoms with Crippen molar-refractivity contribution in [2.24, 2.45) is 7.05 Å². The first-order valence-corrected chi connectivity index (χ1v) is 8.57. The molecule has 1 aromatic heterocycles. The highest BCUT2D eigenvalue weighted by Gasteiger charge is 2.34. The maximum atomic E-state index is 4.62. The van der Waals surface area contributed by atoms with Gasteiger partial charge in [-0.25, -0.2) is 0 Å². The average Bonchev–Trinajstić information content (AvgIpc) is 2.97. The number of nitrogens with zero attached hydrogens (tertiary/aromatic N) is 4. The van der Waals surface area contributed by atoms with Gasteiger partial charge in [-0.15, -0.1) is 0 Å². The van der Waals surface area contributed by atoms with Crippen LogP contribution in [-0.4, -0.2) is 51.3 Å². The number of hydrogen-bond donors (Lipinski definition) is 0. The van der Waals surface area contributed by atoms with Crippen molar-refractivity contribution in [3.8, 4) is 0 Å². The van der Waals surface area contributed by atoms with E-state index >= 15 is 0 Å². The second-order valence-corrected chi connectivity index (χ2v) is 7.05. The number of aromatic nitrogens is 2. The first-order valence-electron chi connectivity index (χ1n) is 7.78. The molecule has 0 radical (unpaired) electrons. The quantitative estimate of drug-likeness (QED) is 0.844. The van der Waals surface area contributed by atoms with Crippen LogP contribution >= 0.6 is 15.9 Å². The van der Waals surface area contributed by atoms with E-state index in [1.54, 1.807) is 0 Å². The van der Waals surface area contributed by atoms with Gasteiger partial charge in [-0.1, -0.05) is 6.92 Å². The van der Waals surface area contributed by atoms with Crippen molar-refractivity contribution in [1.82, 2.24) is 19.6 Å². The largest absolute Gasteiger partial charge is 0.298 e. The maximum absolute atomic E-state index is 4.62. The Hall–Kier alpha value is -0.390. The first kappa shape index (κ1) is 14.5. The summed E-state index contributed by atoms with van der Waals surface area (Å²) in [6.45, 7) is 9.27. The molecule has 0 bridgehead atoms. The van der Waals surface area contributed by atoms with Crippen LogP contribution in [0.3, 0.4) is 0 Å². The Kier molecular flexibility index (Phi) is 4.20. The molecular weight excluding hydrogens is 316 g/mol. The Morgan fingerprint density at radius 3 is 2.85 bits per heavy atom. The summed E-state index contributed by atoms with van der Waals surface area (Å²) in [5.41, 5.74) is 2.50. The van der Waals surface area contributed by atoms with E-state index in [-0.39, 0.29) is 0 Å². The smallest absolute Gasteiger partial charge is 0.0767 e. The van der Waals surface area contributed by atoms with Crippen molar-refractivity contribution in [3.63, 3.8) is 0 Å². The minimum atomic E-state index is 0.635. The molecule has 0 amide bonds. The van der Waals surface area contributed by atoms with Crippen LogP contribution in [0.1, 0.15) is 38.1 Å². The first-order chi connectivity index (χ1) is 9.60. The van der Waals surface area contributed by atoms with Crippen molar-refractivity contribution in [3.05, 3.63) is 15.9 Å². The molecule has 20 heavy (non-hydrogen) atoms. The third-order valence-corrected chi connectivity index (χ3v) is 5.84. The zero-order chi connectivity index (χ0) is 14.3. The van der Waals surface area contributed by atoms with Gasteiger partial charge in [0.1, 0.15) is 0 Å². The van der Waals surface area contributed by atoms with Gasteiger partial charge < -0.3 is 0 Å². The van der Waals surface area contributed by atoms with E-state index in [1.807, 2.05) is 0 Å². The van der Waals surface area contributed by atoms with E-state index in [0.717, 1.165) is 19.0 Å². The van der Waals surface area contributed by atoms with Crippen molar-refractivity contribution in [1.29, 1.82) is 0 Å². The lowest BCUT2D eigenvalue weighted by atomic mass is 10.1. The summed E-state index contributed by atoms with van der Waals surface area (Å²) in [5.74, 6) is 0. The summed E-state index contributed by atoms with van der Waals surface area (Å²) in [7, 11) is 2.07. The molecular formula is C15H25BrN4. The summed E-state index contributed by atoms with van der Waals surface area (Å²) in [4.78, 5) is 5.31.